The number of hydrogen-bond acceptors (Lipinski definition) is 2. The van der Waals surface area contributed by atoms with Crippen molar-refractivity contribution in [2.24, 2.45) is 0 Å². The topological polar surface area (TPSA) is 29.9 Å². The molecule has 0 spiro atoms. The lowest BCUT2D eigenvalue weighted by Crippen LogP contribution is -2.20. The molecule has 0 bridgehead atoms. The molecule has 2 aromatic rings. The number of halogens is 2. The molecule has 0 aliphatic rings. The molecule has 1 aromatic heterocycles. The summed E-state index contributed by atoms with van der Waals surface area (Å²) < 4.78 is 3.15. The second-order valence-corrected chi connectivity index (χ2v) is 6.42. The van der Waals surface area contributed by atoms with Crippen LogP contribution in [0.15, 0.2) is 22.7 Å². The molecule has 1 aromatic carbocycles. The van der Waals surface area contributed by atoms with Crippen LogP contribution >= 0.6 is 27.5 Å². The summed E-state index contributed by atoms with van der Waals surface area (Å²) in [6, 6.07) is 6.46. The van der Waals surface area contributed by atoms with Crippen LogP contribution in [0.5, 0.6) is 0 Å². The van der Waals surface area contributed by atoms with E-state index in [1.165, 1.54) is 11.3 Å². The van der Waals surface area contributed by atoms with Gasteiger partial charge < -0.3 is 5.32 Å². The molecule has 21 heavy (non-hydrogen) atoms. The van der Waals surface area contributed by atoms with Crippen molar-refractivity contribution in [2.75, 3.05) is 7.05 Å². The Kier molecular flexibility index (Phi) is 5.47. The van der Waals surface area contributed by atoms with Crippen molar-refractivity contribution in [3.05, 3.63) is 50.2 Å². The largest absolute Gasteiger partial charge is 0.313 e. The number of nitrogens with one attached hydrogen (secondary N) is 1. The zero-order valence-electron chi connectivity index (χ0n) is 12.9. The van der Waals surface area contributed by atoms with Gasteiger partial charge in [-0.3, -0.25) is 4.68 Å². The first-order chi connectivity index (χ1) is 9.97. The molecule has 1 N–H and O–H groups in total. The monoisotopic (exact) mass is 369 g/mol. The zero-order chi connectivity index (χ0) is 15.6. The molecule has 3 nitrogen and oxygen atoms in total. The van der Waals surface area contributed by atoms with Crippen molar-refractivity contribution >= 4 is 27.5 Å². The summed E-state index contributed by atoms with van der Waals surface area (Å²) in [6.07, 6.45) is 0.866. The summed E-state index contributed by atoms with van der Waals surface area (Å²) in [5.74, 6) is 0. The fourth-order valence-electron chi connectivity index (χ4n) is 2.47. The van der Waals surface area contributed by atoms with Crippen LogP contribution in [0.2, 0.25) is 5.02 Å². The number of likely N-dealkylation sites (N-methyl/N-ethyl adjacent to an activating group) is 1. The molecular formula is C16H21BrClN3. The van der Waals surface area contributed by atoms with Crippen molar-refractivity contribution < 1.29 is 0 Å². The lowest BCUT2D eigenvalue weighted by Gasteiger charge is -2.18. The minimum absolute atomic E-state index is 0.209. The molecule has 0 saturated carbocycles. The van der Waals surface area contributed by atoms with Crippen LogP contribution in [0.25, 0.3) is 0 Å². The first-order valence-corrected chi connectivity index (χ1v) is 8.30. The standard InChI is InChI=1S/C16H21BrClN3/c1-5-21-15(16(17)11(3)20-21)9-14(19-4)12-7-6-10(2)13(18)8-12/h6-8,14,19H,5,9H2,1-4H3. The minimum Gasteiger partial charge on any atom is -0.313 e. The maximum absolute atomic E-state index is 6.26. The molecule has 0 aliphatic heterocycles. The predicted molar refractivity (Wildman–Crippen MR) is 92.0 cm³/mol. The van der Waals surface area contributed by atoms with Crippen molar-refractivity contribution in [2.45, 2.75) is 39.8 Å². The summed E-state index contributed by atoms with van der Waals surface area (Å²) in [6.45, 7) is 7.02. The fraction of sp³-hybridized carbons (Fsp3) is 0.438. The summed E-state index contributed by atoms with van der Waals surface area (Å²) in [7, 11) is 1.98. The first-order valence-electron chi connectivity index (χ1n) is 7.13. The summed E-state index contributed by atoms with van der Waals surface area (Å²) in [4.78, 5) is 0. The average molecular weight is 371 g/mol. The van der Waals surface area contributed by atoms with Gasteiger partial charge in [0.2, 0.25) is 0 Å². The van der Waals surface area contributed by atoms with E-state index in [0.29, 0.717) is 0 Å². The van der Waals surface area contributed by atoms with Crippen LogP contribution in [0.3, 0.4) is 0 Å². The number of benzene rings is 1. The number of aryl methyl sites for hydroxylation is 3. The number of hydrogen-bond donors (Lipinski definition) is 1. The van der Waals surface area contributed by atoms with E-state index in [9.17, 15) is 0 Å². The SMILES string of the molecule is CCn1nc(C)c(Br)c1CC(NC)c1ccc(C)c(Cl)c1. The van der Waals surface area contributed by atoms with Crippen LogP contribution in [0, 0.1) is 13.8 Å². The highest BCUT2D eigenvalue weighted by Gasteiger charge is 2.18. The van der Waals surface area contributed by atoms with Crippen molar-refractivity contribution in [1.29, 1.82) is 0 Å². The quantitative estimate of drug-likeness (QED) is 0.843. The Morgan fingerprint density at radius 3 is 2.67 bits per heavy atom. The molecule has 5 heteroatoms. The zero-order valence-corrected chi connectivity index (χ0v) is 15.2. The van der Waals surface area contributed by atoms with E-state index in [1.54, 1.807) is 0 Å². The van der Waals surface area contributed by atoms with E-state index in [2.05, 4.69) is 50.1 Å². The molecule has 1 heterocycles. The molecule has 1 atom stereocenters. The Morgan fingerprint density at radius 2 is 2.10 bits per heavy atom. The Bertz CT molecular complexity index is 637. The van der Waals surface area contributed by atoms with Crippen molar-refractivity contribution in [3.63, 3.8) is 0 Å². The average Bonchev–Trinajstić information content (AvgIpc) is 2.75. The normalized spacial score (nSPS) is 12.7. The lowest BCUT2D eigenvalue weighted by molar-refractivity contribution is 0.540. The molecule has 0 fully saturated rings. The van der Waals surface area contributed by atoms with E-state index in [4.69, 9.17) is 11.6 Å². The van der Waals surface area contributed by atoms with E-state index >= 15 is 0 Å². The number of aromatic nitrogens is 2. The third-order valence-electron chi connectivity index (χ3n) is 3.80. The molecule has 2 rings (SSSR count). The maximum atomic E-state index is 6.26. The molecule has 1 unspecified atom stereocenters. The highest BCUT2D eigenvalue weighted by molar-refractivity contribution is 9.10. The molecule has 0 aliphatic carbocycles. The highest BCUT2D eigenvalue weighted by atomic mass is 79.9. The third-order valence-corrected chi connectivity index (χ3v) is 5.24. The predicted octanol–water partition coefficient (Wildman–Crippen LogP) is 4.44. The summed E-state index contributed by atoms with van der Waals surface area (Å²) in [5.41, 5.74) is 4.54. The van der Waals surface area contributed by atoms with Crippen molar-refractivity contribution in [1.82, 2.24) is 15.1 Å². The van der Waals surface area contributed by atoms with Crippen LogP contribution in [0.1, 0.15) is 35.5 Å². The number of nitrogens with zero attached hydrogens (tertiary/aromatic N) is 2. The van der Waals surface area contributed by atoms with Crippen LogP contribution < -0.4 is 5.32 Å². The lowest BCUT2D eigenvalue weighted by atomic mass is 10.0. The molecule has 114 valence electrons. The molecule has 0 saturated heterocycles. The fourth-order valence-corrected chi connectivity index (χ4v) is 3.10. The van der Waals surface area contributed by atoms with Gasteiger partial charge in [0.15, 0.2) is 0 Å². The van der Waals surface area contributed by atoms with Gasteiger partial charge in [0.1, 0.15) is 0 Å². The van der Waals surface area contributed by atoms with Gasteiger partial charge in [0.25, 0.3) is 0 Å². The number of rotatable bonds is 5. The van der Waals surface area contributed by atoms with Crippen LogP contribution in [0.4, 0.5) is 0 Å². The second kappa shape index (κ2) is 6.95. The van der Waals surface area contributed by atoms with Gasteiger partial charge in [-0.2, -0.15) is 5.10 Å². The Hall–Kier alpha value is -0.840. The molecule has 0 radical (unpaired) electrons. The van der Waals surface area contributed by atoms with Crippen LogP contribution in [-0.4, -0.2) is 16.8 Å². The van der Waals surface area contributed by atoms with E-state index in [0.717, 1.165) is 33.7 Å². The van der Waals surface area contributed by atoms with E-state index in [1.807, 2.05) is 27.0 Å². The van der Waals surface area contributed by atoms with Gasteiger partial charge in [-0.1, -0.05) is 23.7 Å². The van der Waals surface area contributed by atoms with Gasteiger partial charge in [-0.05, 0) is 60.9 Å². The highest BCUT2D eigenvalue weighted by Crippen LogP contribution is 2.28. The van der Waals surface area contributed by atoms with Crippen molar-refractivity contribution in [3.8, 4) is 0 Å². The smallest absolute Gasteiger partial charge is 0.0738 e. The van der Waals surface area contributed by atoms with E-state index < -0.39 is 0 Å². The van der Waals surface area contributed by atoms with Gasteiger partial charge in [0.05, 0.1) is 15.9 Å². The van der Waals surface area contributed by atoms with Crippen LogP contribution in [-0.2, 0) is 13.0 Å². The van der Waals surface area contributed by atoms with Gasteiger partial charge in [-0.25, -0.2) is 0 Å². The Labute approximate surface area is 139 Å². The molecular weight excluding hydrogens is 350 g/mol. The van der Waals surface area contributed by atoms with Gasteiger partial charge in [0, 0.05) is 24.0 Å². The second-order valence-electron chi connectivity index (χ2n) is 5.22. The summed E-state index contributed by atoms with van der Waals surface area (Å²) >= 11 is 9.92. The first kappa shape index (κ1) is 16.5. The van der Waals surface area contributed by atoms with Gasteiger partial charge in [-0.15, -0.1) is 0 Å². The Morgan fingerprint density at radius 1 is 1.38 bits per heavy atom. The van der Waals surface area contributed by atoms with Gasteiger partial charge >= 0.3 is 0 Å². The van der Waals surface area contributed by atoms with E-state index in [-0.39, 0.29) is 6.04 Å². The minimum atomic E-state index is 0.209. The maximum Gasteiger partial charge on any atom is 0.0738 e. The molecule has 0 amide bonds. The Balaban J connectivity index is 2.33. The summed E-state index contributed by atoms with van der Waals surface area (Å²) in [5, 5.41) is 8.75. The third kappa shape index (κ3) is 3.50.